The zero-order valence-corrected chi connectivity index (χ0v) is 23.2. The lowest BCUT2D eigenvalue weighted by atomic mass is 9.52. The number of nitrogens with one attached hydrogen (secondary N) is 2. The van der Waals surface area contributed by atoms with Gasteiger partial charge in [0, 0.05) is 50.1 Å². The molecule has 7 rings (SSSR count). The predicted octanol–water partition coefficient (Wildman–Crippen LogP) is 3.75. The summed E-state index contributed by atoms with van der Waals surface area (Å²) in [5, 5.41) is 16.7. The number of anilines is 4. The fourth-order valence-corrected chi connectivity index (χ4v) is 7.93. The van der Waals surface area contributed by atoms with Crippen LogP contribution in [0.4, 0.5) is 27.9 Å². The van der Waals surface area contributed by atoms with Gasteiger partial charge in [0.05, 0.1) is 12.8 Å². The van der Waals surface area contributed by atoms with E-state index in [1.54, 1.807) is 6.20 Å². The highest BCUT2D eigenvalue weighted by Crippen LogP contribution is 2.57. The van der Waals surface area contributed by atoms with Gasteiger partial charge in [0.2, 0.25) is 5.95 Å². The van der Waals surface area contributed by atoms with Crippen LogP contribution in [0.2, 0.25) is 5.02 Å². The maximum absolute atomic E-state index is 11.6. The molecule has 5 aliphatic rings. The summed E-state index contributed by atoms with van der Waals surface area (Å²) in [4.78, 5) is 25.4. The summed E-state index contributed by atoms with van der Waals surface area (Å²) in [7, 11) is 0. The minimum Gasteiger partial charge on any atom is -0.443 e. The van der Waals surface area contributed by atoms with E-state index in [-0.39, 0.29) is 12.6 Å². The van der Waals surface area contributed by atoms with Gasteiger partial charge in [-0.3, -0.25) is 4.90 Å². The molecule has 1 saturated heterocycles. The van der Waals surface area contributed by atoms with Gasteiger partial charge >= 0.3 is 6.09 Å². The van der Waals surface area contributed by atoms with Crippen LogP contribution in [-0.2, 0) is 4.74 Å². The van der Waals surface area contributed by atoms with Crippen molar-refractivity contribution in [2.24, 2.45) is 23.5 Å². The molecule has 4 aliphatic carbocycles. The smallest absolute Gasteiger partial charge is 0.405 e. The average Bonchev–Trinajstić information content (AvgIpc) is 2.88. The number of nitrogens with two attached hydrogens (primary N) is 1. The largest absolute Gasteiger partial charge is 0.443 e. The maximum Gasteiger partial charge on any atom is 0.405 e. The fourth-order valence-electron chi connectivity index (χ4n) is 7.78. The number of amides is 1. The Bertz CT molecular complexity index is 1210. The molecule has 210 valence electrons. The molecule has 10 nitrogen and oxygen atoms in total. The van der Waals surface area contributed by atoms with Crippen molar-refractivity contribution in [2.75, 3.05) is 54.9 Å². The van der Waals surface area contributed by atoms with E-state index < -0.39 is 11.7 Å². The Morgan fingerprint density at radius 3 is 2.62 bits per heavy atom. The third-order valence-corrected chi connectivity index (χ3v) is 9.44. The van der Waals surface area contributed by atoms with Crippen molar-refractivity contribution in [1.29, 1.82) is 0 Å². The van der Waals surface area contributed by atoms with E-state index in [4.69, 9.17) is 27.1 Å². The maximum atomic E-state index is 11.6. The first kappa shape index (κ1) is 26.4. The van der Waals surface area contributed by atoms with Crippen molar-refractivity contribution in [3.8, 4) is 0 Å². The van der Waals surface area contributed by atoms with E-state index in [1.165, 1.54) is 11.3 Å². The number of β-amino-alcohol motifs (C(OH)–C–C–N with tert-alkyl or cyclic N) is 1. The molecule has 4 bridgehead atoms. The molecule has 5 N–H and O–H groups in total. The van der Waals surface area contributed by atoms with Gasteiger partial charge in [-0.1, -0.05) is 11.6 Å². The van der Waals surface area contributed by atoms with Crippen LogP contribution in [-0.4, -0.2) is 77.0 Å². The van der Waals surface area contributed by atoms with Crippen molar-refractivity contribution in [2.45, 2.75) is 50.7 Å². The molecule has 2 unspecified atom stereocenters. The highest BCUT2D eigenvalue weighted by molar-refractivity contribution is 6.32. The lowest BCUT2D eigenvalue weighted by Crippen LogP contribution is -2.60. The summed E-state index contributed by atoms with van der Waals surface area (Å²) < 4.78 is 5.66. The number of piperazine rings is 1. The Labute approximate surface area is 234 Å². The van der Waals surface area contributed by atoms with E-state index in [9.17, 15) is 9.90 Å². The molecule has 2 aromatic rings. The zero-order chi connectivity index (χ0) is 27.1. The number of nitrogens with zero attached hydrogens (tertiary/aromatic N) is 4. The summed E-state index contributed by atoms with van der Waals surface area (Å²) in [5.41, 5.74) is 8.34. The Kier molecular flexibility index (Phi) is 7.20. The first-order chi connectivity index (χ1) is 18.8. The summed E-state index contributed by atoms with van der Waals surface area (Å²) in [6.45, 7) is 6.87. The molecule has 1 aromatic carbocycles. The second-order valence-corrected chi connectivity index (χ2v) is 12.2. The van der Waals surface area contributed by atoms with Crippen LogP contribution in [0.1, 0.15) is 37.7 Å². The van der Waals surface area contributed by atoms with Crippen molar-refractivity contribution >= 4 is 40.8 Å². The lowest BCUT2D eigenvalue weighted by molar-refractivity contribution is -0.130. The molecule has 2 atom stereocenters. The van der Waals surface area contributed by atoms with E-state index in [0.29, 0.717) is 34.5 Å². The predicted molar refractivity (Wildman–Crippen MR) is 152 cm³/mol. The quantitative estimate of drug-likeness (QED) is 0.385. The van der Waals surface area contributed by atoms with Gasteiger partial charge in [0.15, 0.2) is 5.82 Å². The highest BCUT2D eigenvalue weighted by atomic mass is 35.5. The average molecular weight is 556 g/mol. The molecule has 1 amide bonds. The second kappa shape index (κ2) is 10.6. The van der Waals surface area contributed by atoms with Crippen LogP contribution in [0, 0.1) is 24.7 Å². The van der Waals surface area contributed by atoms with Gasteiger partial charge in [0.25, 0.3) is 0 Å². The van der Waals surface area contributed by atoms with Crippen molar-refractivity contribution in [1.82, 2.24) is 14.9 Å². The molecule has 39 heavy (non-hydrogen) atoms. The number of carbonyl (C=O) groups excluding carboxylic acids is 1. The number of hydrogen-bond acceptors (Lipinski definition) is 9. The highest BCUT2D eigenvalue weighted by Gasteiger charge is 2.57. The number of aliphatic hydroxyl groups excluding tert-OH is 1. The molecule has 2 heterocycles. The van der Waals surface area contributed by atoms with Gasteiger partial charge in [-0.05, 0) is 80.5 Å². The van der Waals surface area contributed by atoms with Crippen LogP contribution >= 0.6 is 11.6 Å². The Morgan fingerprint density at radius 1 is 1.21 bits per heavy atom. The van der Waals surface area contributed by atoms with Gasteiger partial charge in [-0.15, -0.1) is 0 Å². The van der Waals surface area contributed by atoms with E-state index in [2.05, 4.69) is 50.5 Å². The Morgan fingerprint density at radius 2 is 1.95 bits per heavy atom. The number of aryl methyl sites for hydroxylation is 1. The number of rotatable bonds is 8. The minimum atomic E-state index is -0.667. The van der Waals surface area contributed by atoms with Crippen LogP contribution in [0.25, 0.3) is 0 Å². The third kappa shape index (κ3) is 5.47. The Balaban J connectivity index is 1.12. The first-order valence-electron chi connectivity index (χ1n) is 14.0. The van der Waals surface area contributed by atoms with Crippen LogP contribution in [0.5, 0.6) is 0 Å². The summed E-state index contributed by atoms with van der Waals surface area (Å²) in [6, 6.07) is 6.55. The monoisotopic (exact) mass is 555 g/mol. The summed E-state index contributed by atoms with van der Waals surface area (Å²) >= 11 is 6.55. The number of aromatic nitrogens is 2. The van der Waals surface area contributed by atoms with Crippen LogP contribution < -0.4 is 21.3 Å². The number of primary amides is 1. The van der Waals surface area contributed by atoms with Crippen molar-refractivity contribution < 1.29 is 14.6 Å². The zero-order valence-electron chi connectivity index (χ0n) is 22.4. The van der Waals surface area contributed by atoms with Gasteiger partial charge in [0.1, 0.15) is 10.6 Å². The normalized spacial score (nSPS) is 29.9. The molecule has 11 heteroatoms. The van der Waals surface area contributed by atoms with Gasteiger partial charge in [-0.2, -0.15) is 4.98 Å². The third-order valence-electron chi connectivity index (χ3n) is 9.16. The van der Waals surface area contributed by atoms with Gasteiger partial charge < -0.3 is 31.1 Å². The lowest BCUT2D eigenvalue weighted by Gasteiger charge is -2.59. The number of hydrogen-bond donors (Lipinski definition) is 4. The molecule has 0 radical (unpaired) electrons. The van der Waals surface area contributed by atoms with Crippen LogP contribution in [0.15, 0.2) is 24.4 Å². The molecule has 5 fully saturated rings. The number of halogens is 1. The first-order valence-corrected chi connectivity index (χ1v) is 14.4. The molecule has 0 spiro atoms. The molecule has 1 aromatic heterocycles. The molecule has 4 saturated carbocycles. The molecule has 1 aliphatic heterocycles. The fraction of sp³-hybridized carbons (Fsp3) is 0.607. The van der Waals surface area contributed by atoms with Crippen molar-refractivity contribution in [3.05, 3.63) is 35.0 Å². The SMILES string of the molecule is Cc1cc(Nc2ncc(Cl)c(NC3C4CC5CC3CC(OC(N)=O)(C5)C4)n2)ccc1N1CCN(CCO)CC1. The van der Waals surface area contributed by atoms with E-state index >= 15 is 0 Å². The Hall–Kier alpha value is -2.82. The molecular weight excluding hydrogens is 518 g/mol. The number of ether oxygens (including phenoxy) is 1. The van der Waals surface area contributed by atoms with E-state index in [1.807, 2.05) is 0 Å². The standard InChI is InChI=1S/C28H38ClN7O3/c1-17-10-21(2-3-23(17)36-6-4-35(5-7-36)8-9-37)32-27-31-16-22(29)25(34-27)33-24-19-11-18-12-20(24)15-28(13-18,14-19)39-26(30)38/h2-3,10,16,18-20,24,37H,4-9,11-15H2,1H3,(H2,30,38)(H2,31,32,33,34). The number of aliphatic hydroxyl groups is 1. The molecular formula is C28H38ClN7O3. The van der Waals surface area contributed by atoms with Crippen molar-refractivity contribution in [3.63, 3.8) is 0 Å². The van der Waals surface area contributed by atoms with Gasteiger partial charge in [-0.25, -0.2) is 9.78 Å². The van der Waals surface area contributed by atoms with Crippen LogP contribution in [0.3, 0.4) is 0 Å². The minimum absolute atomic E-state index is 0.207. The second-order valence-electron chi connectivity index (χ2n) is 11.8. The van der Waals surface area contributed by atoms with E-state index in [0.717, 1.165) is 70.5 Å². The topological polar surface area (TPSA) is 129 Å². The summed E-state index contributed by atoms with van der Waals surface area (Å²) in [5.74, 6) is 2.47. The number of carbonyl (C=O) groups is 1. The number of benzene rings is 1. The summed E-state index contributed by atoms with van der Waals surface area (Å²) in [6.07, 6.45) is 5.80.